The van der Waals surface area contributed by atoms with E-state index in [-0.39, 0.29) is 11.8 Å². The number of likely N-dealkylation sites (tertiary alicyclic amines) is 1. The van der Waals surface area contributed by atoms with Crippen LogP contribution in [0.15, 0.2) is 0 Å². The summed E-state index contributed by atoms with van der Waals surface area (Å²) in [6.07, 6.45) is 4.82. The molecular formula is C12H24N2O3S. The van der Waals surface area contributed by atoms with Crippen LogP contribution in [0.1, 0.15) is 39.5 Å². The number of hydrogen-bond donors (Lipinski definition) is 1. The highest BCUT2D eigenvalue weighted by atomic mass is 32.2. The fourth-order valence-electron chi connectivity index (χ4n) is 2.26. The number of sulfonamides is 1. The van der Waals surface area contributed by atoms with Crippen molar-refractivity contribution in [3.05, 3.63) is 0 Å². The van der Waals surface area contributed by atoms with E-state index in [0.29, 0.717) is 6.42 Å². The molecule has 0 aliphatic carbocycles. The first-order valence-corrected chi connectivity index (χ1v) is 8.45. The average Bonchev–Trinajstić information content (AvgIpc) is 2.26. The summed E-state index contributed by atoms with van der Waals surface area (Å²) in [5.74, 6) is 0.201. The Labute approximate surface area is 110 Å². The highest BCUT2D eigenvalue weighted by Gasteiger charge is 2.28. The van der Waals surface area contributed by atoms with Crippen molar-refractivity contribution >= 4 is 15.9 Å². The van der Waals surface area contributed by atoms with Crippen LogP contribution >= 0.6 is 0 Å². The van der Waals surface area contributed by atoms with Gasteiger partial charge in [0.25, 0.3) is 0 Å². The minimum absolute atomic E-state index is 0.0752. The Balaban J connectivity index is 2.71. The van der Waals surface area contributed by atoms with E-state index in [4.69, 9.17) is 0 Å². The van der Waals surface area contributed by atoms with Gasteiger partial charge in [-0.25, -0.2) is 13.1 Å². The number of hydrogen-bond acceptors (Lipinski definition) is 3. The molecule has 1 atom stereocenters. The van der Waals surface area contributed by atoms with Gasteiger partial charge in [-0.3, -0.25) is 4.79 Å². The first-order chi connectivity index (χ1) is 8.29. The molecule has 0 spiro atoms. The van der Waals surface area contributed by atoms with Crippen LogP contribution < -0.4 is 4.72 Å². The zero-order chi connectivity index (χ0) is 13.8. The van der Waals surface area contributed by atoms with Crippen molar-refractivity contribution in [3.63, 3.8) is 0 Å². The second-order valence-corrected chi connectivity index (χ2v) is 7.24. The van der Waals surface area contributed by atoms with Crippen LogP contribution in [0.2, 0.25) is 0 Å². The zero-order valence-corrected chi connectivity index (χ0v) is 12.3. The molecule has 1 heterocycles. The molecule has 1 N–H and O–H groups in total. The maximum Gasteiger partial charge on any atom is 0.240 e. The van der Waals surface area contributed by atoms with Crippen molar-refractivity contribution in [2.45, 2.75) is 45.6 Å². The molecule has 1 rings (SSSR count). The van der Waals surface area contributed by atoms with E-state index in [1.165, 1.54) is 0 Å². The molecule has 0 aromatic rings. The Bertz CT molecular complexity index is 373. The predicted octanol–water partition coefficient (Wildman–Crippen LogP) is 0.963. The van der Waals surface area contributed by atoms with Crippen LogP contribution in [0, 0.1) is 5.92 Å². The van der Waals surface area contributed by atoms with Gasteiger partial charge in [0.2, 0.25) is 15.9 Å². The number of nitrogens with zero attached hydrogens (tertiary/aromatic N) is 1. The lowest BCUT2D eigenvalue weighted by Gasteiger charge is -2.31. The van der Waals surface area contributed by atoms with Gasteiger partial charge in [-0.2, -0.15) is 0 Å². The third-order valence-electron chi connectivity index (χ3n) is 3.03. The second kappa shape index (κ2) is 6.52. The number of rotatable bonds is 5. The van der Waals surface area contributed by atoms with Crippen molar-refractivity contribution in [3.8, 4) is 0 Å². The Kier molecular flexibility index (Phi) is 5.59. The van der Waals surface area contributed by atoms with Crippen molar-refractivity contribution in [1.29, 1.82) is 0 Å². The average molecular weight is 276 g/mol. The maximum absolute atomic E-state index is 12.3. The van der Waals surface area contributed by atoms with E-state index in [2.05, 4.69) is 4.72 Å². The number of carbonyl (C=O) groups excluding carboxylic acids is 1. The molecule has 1 saturated heterocycles. The topological polar surface area (TPSA) is 66.5 Å². The summed E-state index contributed by atoms with van der Waals surface area (Å²) in [5.41, 5.74) is 0. The smallest absolute Gasteiger partial charge is 0.240 e. The molecule has 6 heteroatoms. The number of piperidine rings is 1. The van der Waals surface area contributed by atoms with Crippen LogP contribution in [0.25, 0.3) is 0 Å². The lowest BCUT2D eigenvalue weighted by atomic mass is 10.0. The number of amides is 1. The summed E-state index contributed by atoms with van der Waals surface area (Å²) in [6, 6.07) is -0.613. The number of nitrogens with one attached hydrogen (secondary N) is 1. The predicted molar refractivity (Wildman–Crippen MR) is 71.7 cm³/mol. The lowest BCUT2D eigenvalue weighted by Crippen LogP contribution is -2.50. The molecule has 106 valence electrons. The first kappa shape index (κ1) is 15.4. The van der Waals surface area contributed by atoms with Gasteiger partial charge in [-0.15, -0.1) is 0 Å². The molecule has 0 unspecified atom stereocenters. The first-order valence-electron chi connectivity index (χ1n) is 6.55. The summed E-state index contributed by atoms with van der Waals surface area (Å²) in [4.78, 5) is 14.1. The highest BCUT2D eigenvalue weighted by Crippen LogP contribution is 2.14. The van der Waals surface area contributed by atoms with Gasteiger partial charge in [0.15, 0.2) is 0 Å². The Morgan fingerprint density at radius 2 is 1.78 bits per heavy atom. The van der Waals surface area contributed by atoms with Crippen LogP contribution in [0.5, 0.6) is 0 Å². The molecule has 1 amide bonds. The molecule has 0 radical (unpaired) electrons. The minimum atomic E-state index is -3.35. The van der Waals surface area contributed by atoms with E-state index in [9.17, 15) is 13.2 Å². The molecule has 0 saturated carbocycles. The van der Waals surface area contributed by atoms with Gasteiger partial charge in [-0.1, -0.05) is 13.8 Å². The highest BCUT2D eigenvalue weighted by molar-refractivity contribution is 7.88. The summed E-state index contributed by atoms with van der Waals surface area (Å²) in [6.45, 7) is 5.47. The molecule has 1 aliphatic heterocycles. The molecule has 0 aromatic heterocycles. The van der Waals surface area contributed by atoms with E-state index >= 15 is 0 Å². The van der Waals surface area contributed by atoms with Crippen LogP contribution in [0.4, 0.5) is 0 Å². The monoisotopic (exact) mass is 276 g/mol. The standard InChI is InChI=1S/C12H24N2O3S/c1-10(2)9-11(13-18(3,16)17)12(15)14-7-5-4-6-8-14/h10-11,13H,4-9H2,1-3H3/t11-/m1/s1. The number of carbonyl (C=O) groups is 1. The zero-order valence-electron chi connectivity index (χ0n) is 11.5. The Morgan fingerprint density at radius 1 is 1.22 bits per heavy atom. The van der Waals surface area contributed by atoms with Crippen molar-refractivity contribution in [2.75, 3.05) is 19.3 Å². The second-order valence-electron chi connectivity index (χ2n) is 5.46. The van der Waals surface area contributed by atoms with E-state index in [1.54, 1.807) is 4.90 Å². The van der Waals surface area contributed by atoms with Gasteiger partial charge >= 0.3 is 0 Å². The Morgan fingerprint density at radius 3 is 2.22 bits per heavy atom. The Hall–Kier alpha value is -0.620. The van der Waals surface area contributed by atoms with Gasteiger partial charge in [0, 0.05) is 13.1 Å². The van der Waals surface area contributed by atoms with E-state index in [1.807, 2.05) is 13.8 Å². The molecule has 0 aromatic carbocycles. The molecule has 1 fully saturated rings. The summed E-state index contributed by atoms with van der Waals surface area (Å²) >= 11 is 0. The van der Waals surface area contributed by atoms with E-state index < -0.39 is 16.1 Å². The van der Waals surface area contributed by atoms with E-state index in [0.717, 1.165) is 38.6 Å². The van der Waals surface area contributed by atoms with Gasteiger partial charge in [-0.05, 0) is 31.6 Å². The molecule has 18 heavy (non-hydrogen) atoms. The summed E-state index contributed by atoms with van der Waals surface area (Å²) in [5, 5.41) is 0. The summed E-state index contributed by atoms with van der Waals surface area (Å²) < 4.78 is 25.1. The fourth-order valence-corrected chi connectivity index (χ4v) is 2.98. The van der Waals surface area contributed by atoms with Crippen molar-refractivity contribution in [1.82, 2.24) is 9.62 Å². The molecule has 5 nitrogen and oxygen atoms in total. The normalized spacial score (nSPS) is 19.0. The largest absolute Gasteiger partial charge is 0.341 e. The quantitative estimate of drug-likeness (QED) is 0.813. The van der Waals surface area contributed by atoms with Crippen molar-refractivity contribution in [2.24, 2.45) is 5.92 Å². The third kappa shape index (κ3) is 5.35. The SMILES string of the molecule is CC(C)C[C@@H](NS(C)(=O)=O)C(=O)N1CCCCC1. The molecule has 0 bridgehead atoms. The summed E-state index contributed by atoms with van der Waals surface area (Å²) in [7, 11) is -3.35. The molecular weight excluding hydrogens is 252 g/mol. The van der Waals surface area contributed by atoms with Gasteiger partial charge < -0.3 is 4.90 Å². The van der Waals surface area contributed by atoms with Gasteiger partial charge in [0.05, 0.1) is 6.26 Å². The maximum atomic E-state index is 12.3. The van der Waals surface area contributed by atoms with Crippen LogP contribution in [-0.4, -0.2) is 44.6 Å². The molecule has 1 aliphatic rings. The van der Waals surface area contributed by atoms with Crippen molar-refractivity contribution < 1.29 is 13.2 Å². The fraction of sp³-hybridized carbons (Fsp3) is 0.917. The third-order valence-corrected chi connectivity index (χ3v) is 3.74. The lowest BCUT2D eigenvalue weighted by molar-refractivity contribution is -0.134. The minimum Gasteiger partial charge on any atom is -0.341 e. The van der Waals surface area contributed by atoms with Crippen LogP contribution in [-0.2, 0) is 14.8 Å². The van der Waals surface area contributed by atoms with Crippen LogP contribution in [0.3, 0.4) is 0 Å². The van der Waals surface area contributed by atoms with Gasteiger partial charge in [0.1, 0.15) is 6.04 Å².